The van der Waals surface area contributed by atoms with Crippen LogP contribution in [0, 0.1) is 0 Å². The maximum absolute atomic E-state index is 12.8. The van der Waals surface area contributed by atoms with Gasteiger partial charge in [0, 0.05) is 36.8 Å². The molecular formula is C25H31N3O3S. The standard InChI is InChI=1S/C25H31N3O3S/c29-24(28-14-11-20-7-1-3-9-22(20)28)19-32-23-10-4-2-8-21(23)25(30)26-12-5-6-13-27-15-17-31-18-16-27/h1-4,7-10H,5-6,11-19H2,(H,26,30). The van der Waals surface area contributed by atoms with Gasteiger partial charge in [0.05, 0.1) is 24.5 Å². The molecule has 7 heteroatoms. The highest BCUT2D eigenvalue weighted by Gasteiger charge is 2.24. The molecule has 0 atom stereocenters. The van der Waals surface area contributed by atoms with Crippen LogP contribution in [0.4, 0.5) is 5.69 Å². The van der Waals surface area contributed by atoms with E-state index in [1.807, 2.05) is 47.4 Å². The van der Waals surface area contributed by atoms with Crippen molar-refractivity contribution in [2.45, 2.75) is 24.2 Å². The molecule has 1 saturated heterocycles. The molecule has 1 N–H and O–H groups in total. The van der Waals surface area contributed by atoms with Crippen LogP contribution in [0.25, 0.3) is 0 Å². The second-order valence-electron chi connectivity index (χ2n) is 8.13. The summed E-state index contributed by atoms with van der Waals surface area (Å²) in [6, 6.07) is 15.6. The number of amides is 2. The summed E-state index contributed by atoms with van der Waals surface area (Å²) in [5.74, 6) is 0.328. The molecule has 2 aromatic rings. The van der Waals surface area contributed by atoms with Crippen LogP contribution in [-0.2, 0) is 16.0 Å². The lowest BCUT2D eigenvalue weighted by molar-refractivity contribution is -0.116. The van der Waals surface area contributed by atoms with E-state index in [2.05, 4.69) is 16.3 Å². The van der Waals surface area contributed by atoms with E-state index < -0.39 is 0 Å². The third kappa shape index (κ3) is 5.91. The van der Waals surface area contributed by atoms with Crippen molar-refractivity contribution >= 4 is 29.3 Å². The number of nitrogens with zero attached hydrogens (tertiary/aromatic N) is 2. The maximum atomic E-state index is 12.8. The lowest BCUT2D eigenvalue weighted by atomic mass is 10.2. The van der Waals surface area contributed by atoms with Crippen molar-refractivity contribution in [3.63, 3.8) is 0 Å². The molecule has 6 nitrogen and oxygen atoms in total. The van der Waals surface area contributed by atoms with E-state index in [9.17, 15) is 9.59 Å². The van der Waals surface area contributed by atoms with Crippen molar-refractivity contribution < 1.29 is 14.3 Å². The molecule has 2 amide bonds. The van der Waals surface area contributed by atoms with Crippen molar-refractivity contribution in [3.05, 3.63) is 59.7 Å². The van der Waals surface area contributed by atoms with Crippen LogP contribution < -0.4 is 10.2 Å². The van der Waals surface area contributed by atoms with Gasteiger partial charge in [-0.25, -0.2) is 0 Å². The van der Waals surface area contributed by atoms with Gasteiger partial charge in [0.15, 0.2) is 0 Å². The number of para-hydroxylation sites is 1. The first-order chi connectivity index (χ1) is 15.7. The van der Waals surface area contributed by atoms with Crippen molar-refractivity contribution in [2.75, 3.05) is 56.6 Å². The lowest BCUT2D eigenvalue weighted by Crippen LogP contribution is -2.37. The fourth-order valence-corrected chi connectivity index (χ4v) is 5.10. The fourth-order valence-electron chi connectivity index (χ4n) is 4.18. The molecule has 0 saturated carbocycles. The number of carbonyl (C=O) groups is 2. The molecule has 0 bridgehead atoms. The Morgan fingerprint density at radius 2 is 1.75 bits per heavy atom. The zero-order chi connectivity index (χ0) is 22.2. The molecule has 4 rings (SSSR count). The summed E-state index contributed by atoms with van der Waals surface area (Å²) in [6.07, 6.45) is 2.91. The van der Waals surface area contributed by atoms with Gasteiger partial charge in [-0.15, -0.1) is 11.8 Å². The van der Waals surface area contributed by atoms with E-state index in [-0.39, 0.29) is 11.8 Å². The smallest absolute Gasteiger partial charge is 0.252 e. The van der Waals surface area contributed by atoms with Gasteiger partial charge >= 0.3 is 0 Å². The molecule has 1 fully saturated rings. The molecule has 2 heterocycles. The van der Waals surface area contributed by atoms with Gasteiger partial charge in [-0.05, 0) is 49.6 Å². The SMILES string of the molecule is O=C(NCCCCN1CCOCC1)c1ccccc1SCC(=O)N1CCc2ccccc21. The van der Waals surface area contributed by atoms with Gasteiger partial charge in [-0.3, -0.25) is 14.5 Å². The minimum atomic E-state index is -0.0709. The molecule has 2 aliphatic heterocycles. The zero-order valence-corrected chi connectivity index (χ0v) is 19.2. The van der Waals surface area contributed by atoms with E-state index in [0.717, 1.165) is 69.2 Å². The van der Waals surface area contributed by atoms with Crippen LogP contribution in [0.2, 0.25) is 0 Å². The Morgan fingerprint density at radius 1 is 0.969 bits per heavy atom. The molecule has 2 aromatic carbocycles. The first-order valence-electron chi connectivity index (χ1n) is 11.4. The minimum Gasteiger partial charge on any atom is -0.379 e. The molecule has 170 valence electrons. The highest BCUT2D eigenvalue weighted by Crippen LogP contribution is 2.29. The van der Waals surface area contributed by atoms with Crippen molar-refractivity contribution in [1.29, 1.82) is 0 Å². The summed E-state index contributed by atoms with van der Waals surface area (Å²) in [5, 5.41) is 3.04. The number of thioether (sulfide) groups is 1. The van der Waals surface area contributed by atoms with Crippen LogP contribution in [-0.4, -0.2) is 68.4 Å². The van der Waals surface area contributed by atoms with Gasteiger partial charge in [-0.1, -0.05) is 30.3 Å². The van der Waals surface area contributed by atoms with Crippen molar-refractivity contribution in [2.24, 2.45) is 0 Å². The maximum Gasteiger partial charge on any atom is 0.252 e. The van der Waals surface area contributed by atoms with Crippen LogP contribution in [0.1, 0.15) is 28.8 Å². The van der Waals surface area contributed by atoms with Crippen LogP contribution in [0.5, 0.6) is 0 Å². The molecule has 0 spiro atoms. The highest BCUT2D eigenvalue weighted by molar-refractivity contribution is 8.00. The van der Waals surface area contributed by atoms with Crippen LogP contribution in [0.15, 0.2) is 53.4 Å². The van der Waals surface area contributed by atoms with Crippen LogP contribution in [0.3, 0.4) is 0 Å². The number of fused-ring (bicyclic) bond motifs is 1. The summed E-state index contributed by atoms with van der Waals surface area (Å²) in [7, 11) is 0. The predicted octanol–water partition coefficient (Wildman–Crippen LogP) is 3.21. The second kappa shape index (κ2) is 11.5. The lowest BCUT2D eigenvalue weighted by Gasteiger charge is -2.26. The van der Waals surface area contributed by atoms with E-state index in [1.165, 1.54) is 17.3 Å². The highest BCUT2D eigenvalue weighted by atomic mass is 32.2. The topological polar surface area (TPSA) is 61.9 Å². The Kier molecular flexibility index (Phi) is 8.20. The Hall–Kier alpha value is -2.35. The Labute approximate surface area is 194 Å². The van der Waals surface area contributed by atoms with Crippen molar-refractivity contribution in [1.82, 2.24) is 10.2 Å². The Morgan fingerprint density at radius 3 is 2.62 bits per heavy atom. The molecule has 0 radical (unpaired) electrons. The quantitative estimate of drug-likeness (QED) is 0.467. The number of rotatable bonds is 9. The van der Waals surface area contributed by atoms with Gasteiger partial charge < -0.3 is 15.0 Å². The van der Waals surface area contributed by atoms with Gasteiger partial charge in [0.1, 0.15) is 0 Å². The zero-order valence-electron chi connectivity index (χ0n) is 18.4. The number of benzene rings is 2. The first kappa shape index (κ1) is 22.8. The summed E-state index contributed by atoms with van der Waals surface area (Å²) in [4.78, 5) is 30.7. The predicted molar refractivity (Wildman–Crippen MR) is 128 cm³/mol. The molecule has 0 unspecified atom stereocenters. The van der Waals surface area contributed by atoms with Gasteiger partial charge in [0.25, 0.3) is 5.91 Å². The third-order valence-electron chi connectivity index (χ3n) is 5.96. The molecule has 0 aromatic heterocycles. The number of ether oxygens (including phenoxy) is 1. The van der Waals surface area contributed by atoms with Crippen molar-refractivity contribution in [3.8, 4) is 0 Å². The first-order valence-corrected chi connectivity index (χ1v) is 12.4. The second-order valence-corrected chi connectivity index (χ2v) is 9.14. The molecule has 32 heavy (non-hydrogen) atoms. The average molecular weight is 454 g/mol. The van der Waals surface area contributed by atoms with Gasteiger partial charge in [0.2, 0.25) is 5.91 Å². The van der Waals surface area contributed by atoms with E-state index in [1.54, 1.807) is 0 Å². The number of unbranched alkanes of at least 4 members (excludes halogenated alkanes) is 1. The Balaban J connectivity index is 1.24. The largest absolute Gasteiger partial charge is 0.379 e. The summed E-state index contributed by atoms with van der Waals surface area (Å²) in [6.45, 7) is 6.07. The van der Waals surface area contributed by atoms with E-state index in [0.29, 0.717) is 17.9 Å². The number of carbonyl (C=O) groups excluding carboxylic acids is 2. The fraction of sp³-hybridized carbons (Fsp3) is 0.440. The number of morpholine rings is 1. The molecule has 2 aliphatic rings. The number of hydrogen-bond acceptors (Lipinski definition) is 5. The third-order valence-corrected chi connectivity index (χ3v) is 7.02. The molecular weight excluding hydrogens is 422 g/mol. The van der Waals surface area contributed by atoms with E-state index in [4.69, 9.17) is 4.74 Å². The Bertz CT molecular complexity index is 930. The molecule has 0 aliphatic carbocycles. The average Bonchev–Trinajstić information content (AvgIpc) is 3.27. The number of hydrogen-bond donors (Lipinski definition) is 1. The van der Waals surface area contributed by atoms with Gasteiger partial charge in [-0.2, -0.15) is 0 Å². The van der Waals surface area contributed by atoms with E-state index >= 15 is 0 Å². The monoisotopic (exact) mass is 453 g/mol. The minimum absolute atomic E-state index is 0.0709. The van der Waals surface area contributed by atoms with Crippen LogP contribution >= 0.6 is 11.8 Å². The number of nitrogens with one attached hydrogen (secondary N) is 1. The summed E-state index contributed by atoms with van der Waals surface area (Å²) >= 11 is 1.44. The number of anilines is 1. The summed E-state index contributed by atoms with van der Waals surface area (Å²) in [5.41, 5.74) is 2.88. The normalized spacial score (nSPS) is 16.1. The summed E-state index contributed by atoms with van der Waals surface area (Å²) < 4.78 is 5.37.